The Morgan fingerprint density at radius 3 is 2.54 bits per heavy atom. The minimum Gasteiger partial charge on any atom is -0.353 e. The van der Waals surface area contributed by atoms with Crippen LogP contribution in [0, 0.1) is 13.8 Å². The van der Waals surface area contributed by atoms with E-state index in [4.69, 9.17) is 0 Å². The Morgan fingerprint density at radius 1 is 1.33 bits per heavy atom. The second-order valence-electron chi connectivity index (χ2n) is 6.60. The molecule has 1 fully saturated rings. The summed E-state index contributed by atoms with van der Waals surface area (Å²) in [7, 11) is -3.39. The van der Waals surface area contributed by atoms with Crippen molar-refractivity contribution in [2.75, 3.05) is 19.3 Å². The molecular weight excluding hydrogens is 328 g/mol. The maximum Gasteiger partial charge on any atom is 0.235 e. The molecule has 1 heterocycles. The first kappa shape index (κ1) is 18.9. The number of sulfonamides is 1. The van der Waals surface area contributed by atoms with Crippen molar-refractivity contribution in [2.45, 2.75) is 58.5 Å². The Bertz CT molecular complexity index is 663. The molecule has 1 aromatic heterocycles. The van der Waals surface area contributed by atoms with Crippen LogP contribution < -0.4 is 5.32 Å². The summed E-state index contributed by atoms with van der Waals surface area (Å²) in [5, 5.41) is 7.14. The molecule has 1 N–H and O–H groups in total. The molecule has 0 saturated heterocycles. The number of amides is 1. The summed E-state index contributed by atoms with van der Waals surface area (Å²) < 4.78 is 27.3. The molecule has 1 amide bonds. The number of nitrogens with one attached hydrogen (secondary N) is 1. The van der Waals surface area contributed by atoms with Gasteiger partial charge in [0.1, 0.15) is 0 Å². The molecule has 1 saturated carbocycles. The summed E-state index contributed by atoms with van der Waals surface area (Å²) in [4.78, 5) is 12.2. The number of rotatable bonds is 7. The molecule has 8 heteroatoms. The van der Waals surface area contributed by atoms with Gasteiger partial charge in [-0.15, -0.1) is 0 Å². The minimum absolute atomic E-state index is 0.0458. The first-order valence-corrected chi connectivity index (χ1v) is 10.4. The highest BCUT2D eigenvalue weighted by atomic mass is 32.2. The van der Waals surface area contributed by atoms with Gasteiger partial charge in [0.25, 0.3) is 0 Å². The molecule has 1 aliphatic carbocycles. The molecule has 136 valence electrons. The molecule has 1 aromatic rings. The third kappa shape index (κ3) is 5.31. The number of carbonyl (C=O) groups is 1. The third-order valence-electron chi connectivity index (χ3n) is 4.46. The fraction of sp³-hybridized carbons (Fsp3) is 0.750. The predicted molar refractivity (Wildman–Crippen MR) is 93.1 cm³/mol. The summed E-state index contributed by atoms with van der Waals surface area (Å²) in [6.45, 7) is 4.81. The standard InChI is InChI=1S/C16H28N4O3S/c1-13-11-14(2)19(18-13)10-9-17-16(21)12-20(24(3,22)23)15-7-5-4-6-8-15/h11,15H,4-10,12H2,1-3H3,(H,17,21). The lowest BCUT2D eigenvalue weighted by Gasteiger charge is -2.31. The van der Waals surface area contributed by atoms with Crippen LogP contribution in [0.3, 0.4) is 0 Å². The molecule has 2 rings (SSSR count). The Balaban J connectivity index is 1.87. The number of carbonyl (C=O) groups excluding carboxylic acids is 1. The van der Waals surface area contributed by atoms with Crippen molar-refractivity contribution >= 4 is 15.9 Å². The summed E-state index contributed by atoms with van der Waals surface area (Å²) in [5.74, 6) is -0.257. The second-order valence-corrected chi connectivity index (χ2v) is 8.54. The number of aromatic nitrogens is 2. The van der Waals surface area contributed by atoms with Crippen molar-refractivity contribution in [3.8, 4) is 0 Å². The van der Waals surface area contributed by atoms with Crippen LogP contribution in [0.15, 0.2) is 6.07 Å². The van der Waals surface area contributed by atoms with Crippen LogP contribution >= 0.6 is 0 Å². The molecule has 0 aromatic carbocycles. The maximum atomic E-state index is 12.2. The van der Waals surface area contributed by atoms with Gasteiger partial charge in [-0.1, -0.05) is 19.3 Å². The van der Waals surface area contributed by atoms with E-state index in [0.29, 0.717) is 13.1 Å². The highest BCUT2D eigenvalue weighted by molar-refractivity contribution is 7.88. The Morgan fingerprint density at radius 2 is 2.00 bits per heavy atom. The minimum atomic E-state index is -3.39. The van der Waals surface area contributed by atoms with Crippen LogP contribution in [0.1, 0.15) is 43.5 Å². The summed E-state index contributed by atoms with van der Waals surface area (Å²) >= 11 is 0. The summed E-state index contributed by atoms with van der Waals surface area (Å²) in [6, 6.07) is 1.94. The normalized spacial score (nSPS) is 16.5. The molecule has 0 bridgehead atoms. The van der Waals surface area contributed by atoms with Crippen LogP contribution in [0.25, 0.3) is 0 Å². The van der Waals surface area contributed by atoms with Crippen molar-refractivity contribution in [2.24, 2.45) is 0 Å². The van der Waals surface area contributed by atoms with Crippen molar-refractivity contribution in [3.05, 3.63) is 17.5 Å². The molecule has 0 unspecified atom stereocenters. The molecule has 0 aliphatic heterocycles. The first-order valence-electron chi connectivity index (χ1n) is 8.52. The molecule has 24 heavy (non-hydrogen) atoms. The molecule has 0 atom stereocenters. The molecule has 1 aliphatic rings. The molecule has 0 radical (unpaired) electrons. The van der Waals surface area contributed by atoms with E-state index in [1.54, 1.807) is 0 Å². The summed E-state index contributed by atoms with van der Waals surface area (Å²) in [5.41, 5.74) is 1.99. The van der Waals surface area contributed by atoms with E-state index in [-0.39, 0.29) is 18.5 Å². The zero-order valence-electron chi connectivity index (χ0n) is 14.8. The zero-order chi connectivity index (χ0) is 17.7. The lowest BCUT2D eigenvalue weighted by molar-refractivity contribution is -0.121. The smallest absolute Gasteiger partial charge is 0.235 e. The third-order valence-corrected chi connectivity index (χ3v) is 5.74. The van der Waals surface area contributed by atoms with Gasteiger partial charge < -0.3 is 5.32 Å². The van der Waals surface area contributed by atoms with Crippen molar-refractivity contribution < 1.29 is 13.2 Å². The van der Waals surface area contributed by atoms with Crippen LogP contribution in [0.4, 0.5) is 0 Å². The van der Waals surface area contributed by atoms with Crippen LogP contribution in [-0.4, -0.2) is 53.8 Å². The molecular formula is C16H28N4O3S. The zero-order valence-corrected chi connectivity index (χ0v) is 15.6. The van der Waals surface area contributed by atoms with Gasteiger partial charge in [-0.25, -0.2) is 8.42 Å². The highest BCUT2D eigenvalue weighted by Gasteiger charge is 2.29. The van der Waals surface area contributed by atoms with E-state index >= 15 is 0 Å². The van der Waals surface area contributed by atoms with Crippen LogP contribution in [0.5, 0.6) is 0 Å². The van der Waals surface area contributed by atoms with Crippen LogP contribution in [-0.2, 0) is 21.4 Å². The Kier molecular flexibility index (Phi) is 6.40. The quantitative estimate of drug-likeness (QED) is 0.796. The van der Waals surface area contributed by atoms with Gasteiger partial charge >= 0.3 is 0 Å². The average molecular weight is 356 g/mol. The Hall–Kier alpha value is -1.41. The van der Waals surface area contributed by atoms with Gasteiger partial charge in [-0.05, 0) is 32.8 Å². The number of nitrogens with zero attached hydrogens (tertiary/aromatic N) is 3. The van der Waals surface area contributed by atoms with Gasteiger partial charge in [0.2, 0.25) is 15.9 Å². The van der Waals surface area contributed by atoms with E-state index in [2.05, 4.69) is 10.4 Å². The maximum absolute atomic E-state index is 12.2. The van der Waals surface area contributed by atoms with Crippen LogP contribution in [0.2, 0.25) is 0 Å². The van der Waals surface area contributed by atoms with Gasteiger partial charge in [-0.3, -0.25) is 9.48 Å². The van der Waals surface area contributed by atoms with Gasteiger partial charge in [0.15, 0.2) is 0 Å². The number of hydrogen-bond acceptors (Lipinski definition) is 4. The SMILES string of the molecule is Cc1cc(C)n(CCNC(=O)CN(C2CCCCC2)S(C)(=O)=O)n1. The van der Waals surface area contributed by atoms with E-state index in [1.165, 1.54) is 10.6 Å². The topological polar surface area (TPSA) is 84.3 Å². The Labute approximate surface area is 144 Å². The number of hydrogen-bond donors (Lipinski definition) is 1. The van der Waals surface area contributed by atoms with Gasteiger partial charge in [-0.2, -0.15) is 9.40 Å². The monoisotopic (exact) mass is 356 g/mol. The largest absolute Gasteiger partial charge is 0.353 e. The van der Waals surface area contributed by atoms with E-state index in [0.717, 1.165) is 43.5 Å². The number of aryl methyl sites for hydroxylation is 2. The summed E-state index contributed by atoms with van der Waals surface area (Å²) in [6.07, 6.45) is 6.05. The fourth-order valence-corrected chi connectivity index (χ4v) is 4.39. The highest BCUT2D eigenvalue weighted by Crippen LogP contribution is 2.24. The van der Waals surface area contributed by atoms with E-state index < -0.39 is 10.0 Å². The second kappa shape index (κ2) is 8.11. The van der Waals surface area contributed by atoms with Gasteiger partial charge in [0.05, 0.1) is 25.0 Å². The predicted octanol–water partition coefficient (Wildman–Crippen LogP) is 1.21. The fourth-order valence-electron chi connectivity index (χ4n) is 3.29. The van der Waals surface area contributed by atoms with E-state index in [1.807, 2.05) is 24.6 Å². The average Bonchev–Trinajstić information content (AvgIpc) is 2.82. The lowest BCUT2D eigenvalue weighted by Crippen LogP contribution is -2.47. The van der Waals surface area contributed by atoms with E-state index in [9.17, 15) is 13.2 Å². The molecule has 7 nitrogen and oxygen atoms in total. The first-order chi connectivity index (χ1) is 11.3. The van der Waals surface area contributed by atoms with Crippen molar-refractivity contribution in [1.29, 1.82) is 0 Å². The lowest BCUT2D eigenvalue weighted by atomic mass is 9.95. The van der Waals surface area contributed by atoms with Gasteiger partial charge in [0, 0.05) is 18.3 Å². The van der Waals surface area contributed by atoms with Crippen molar-refractivity contribution in [1.82, 2.24) is 19.4 Å². The molecule has 0 spiro atoms. The van der Waals surface area contributed by atoms with Crippen molar-refractivity contribution in [3.63, 3.8) is 0 Å².